The molecule has 0 saturated heterocycles. The Morgan fingerprint density at radius 2 is 2.29 bits per heavy atom. The van der Waals surface area contributed by atoms with Crippen molar-refractivity contribution in [2.24, 2.45) is 0 Å². The number of rotatable bonds is 4. The Labute approximate surface area is 127 Å². The summed E-state index contributed by atoms with van der Waals surface area (Å²) < 4.78 is 1.97. The molecule has 1 unspecified atom stereocenters. The van der Waals surface area contributed by atoms with Crippen LogP contribution in [0, 0.1) is 0 Å². The van der Waals surface area contributed by atoms with Crippen LogP contribution in [-0.4, -0.2) is 21.3 Å². The van der Waals surface area contributed by atoms with Crippen molar-refractivity contribution < 1.29 is 4.79 Å². The van der Waals surface area contributed by atoms with E-state index in [2.05, 4.69) is 17.2 Å². The molecular formula is C16H17N3OS. The van der Waals surface area contributed by atoms with Crippen molar-refractivity contribution in [2.45, 2.75) is 26.3 Å². The van der Waals surface area contributed by atoms with Gasteiger partial charge in [0.25, 0.3) is 5.91 Å². The second-order valence-corrected chi connectivity index (χ2v) is 5.81. The molecule has 0 aliphatic rings. The van der Waals surface area contributed by atoms with Gasteiger partial charge in [-0.05, 0) is 36.9 Å². The number of thiophene rings is 1. The van der Waals surface area contributed by atoms with Crippen LogP contribution in [0.4, 0.5) is 0 Å². The number of nitrogens with zero attached hydrogens (tertiary/aromatic N) is 2. The van der Waals surface area contributed by atoms with Gasteiger partial charge in [0.2, 0.25) is 0 Å². The maximum atomic E-state index is 12.5. The minimum Gasteiger partial charge on any atom is -0.348 e. The quantitative estimate of drug-likeness (QED) is 0.800. The molecule has 0 fully saturated rings. The third kappa shape index (κ3) is 2.56. The fourth-order valence-electron chi connectivity index (χ4n) is 2.22. The molecule has 5 heteroatoms. The number of imidazole rings is 1. The predicted octanol–water partition coefficient (Wildman–Crippen LogP) is 3.59. The van der Waals surface area contributed by atoms with E-state index < -0.39 is 0 Å². The van der Waals surface area contributed by atoms with Crippen molar-refractivity contribution in [2.75, 3.05) is 0 Å². The van der Waals surface area contributed by atoms with Crippen LogP contribution in [0.5, 0.6) is 0 Å². The first-order valence-electron chi connectivity index (χ1n) is 7.01. The van der Waals surface area contributed by atoms with Gasteiger partial charge in [-0.1, -0.05) is 13.0 Å². The van der Waals surface area contributed by atoms with E-state index in [0.29, 0.717) is 5.69 Å². The summed E-state index contributed by atoms with van der Waals surface area (Å²) in [5.74, 6) is -0.116. The van der Waals surface area contributed by atoms with E-state index in [1.807, 2.05) is 52.5 Å². The third-order valence-electron chi connectivity index (χ3n) is 3.53. The number of carbonyl (C=O) groups excluding carboxylic acids is 1. The van der Waals surface area contributed by atoms with E-state index in [0.717, 1.165) is 23.3 Å². The highest BCUT2D eigenvalue weighted by atomic mass is 32.1. The van der Waals surface area contributed by atoms with E-state index in [1.54, 1.807) is 11.3 Å². The third-order valence-corrected chi connectivity index (χ3v) is 4.21. The summed E-state index contributed by atoms with van der Waals surface area (Å²) in [5.41, 5.74) is 3.15. The highest BCUT2D eigenvalue weighted by Gasteiger charge is 2.21. The Balaban J connectivity index is 2.13. The van der Waals surface area contributed by atoms with Gasteiger partial charge in [-0.25, -0.2) is 4.98 Å². The molecule has 1 atom stereocenters. The molecule has 0 aliphatic carbocycles. The zero-order valence-corrected chi connectivity index (χ0v) is 12.9. The number of nitrogens with one attached hydrogen (secondary N) is 1. The average Bonchev–Trinajstić information content (AvgIpc) is 3.13. The zero-order chi connectivity index (χ0) is 14.8. The number of carbonyl (C=O) groups is 1. The lowest BCUT2D eigenvalue weighted by atomic mass is 10.1. The van der Waals surface area contributed by atoms with E-state index in [1.165, 1.54) is 0 Å². The molecule has 0 saturated carbocycles. The standard InChI is InChI=1S/C16H17N3OS/c1-3-11(2)17-16(20)14-15(12-7-9-21-10-12)19-8-5-4-6-13(19)18-14/h4-11H,3H2,1-2H3,(H,17,20). The molecule has 3 aromatic rings. The molecule has 3 rings (SSSR count). The fraction of sp³-hybridized carbons (Fsp3) is 0.250. The Morgan fingerprint density at radius 1 is 1.43 bits per heavy atom. The van der Waals surface area contributed by atoms with Crippen LogP contribution in [-0.2, 0) is 0 Å². The lowest BCUT2D eigenvalue weighted by Gasteiger charge is -2.10. The molecule has 0 bridgehead atoms. The van der Waals surface area contributed by atoms with E-state index in [-0.39, 0.29) is 11.9 Å². The molecule has 4 nitrogen and oxygen atoms in total. The lowest BCUT2D eigenvalue weighted by Crippen LogP contribution is -2.32. The molecule has 0 radical (unpaired) electrons. The number of hydrogen-bond donors (Lipinski definition) is 1. The Hall–Kier alpha value is -2.14. The maximum Gasteiger partial charge on any atom is 0.272 e. The van der Waals surface area contributed by atoms with E-state index >= 15 is 0 Å². The van der Waals surface area contributed by atoms with Gasteiger partial charge in [-0.3, -0.25) is 9.20 Å². The van der Waals surface area contributed by atoms with Gasteiger partial charge in [-0.2, -0.15) is 11.3 Å². The number of amides is 1. The molecule has 0 aliphatic heterocycles. The van der Waals surface area contributed by atoms with Gasteiger partial charge in [0.15, 0.2) is 5.69 Å². The summed E-state index contributed by atoms with van der Waals surface area (Å²) in [5, 5.41) is 7.04. The number of hydrogen-bond acceptors (Lipinski definition) is 3. The second kappa shape index (κ2) is 5.69. The first kappa shape index (κ1) is 13.8. The first-order chi connectivity index (χ1) is 10.2. The van der Waals surface area contributed by atoms with Crippen molar-refractivity contribution in [3.8, 4) is 11.3 Å². The summed E-state index contributed by atoms with van der Waals surface area (Å²) in [6.45, 7) is 4.05. The van der Waals surface area contributed by atoms with Gasteiger partial charge >= 0.3 is 0 Å². The lowest BCUT2D eigenvalue weighted by molar-refractivity contribution is 0.0935. The van der Waals surface area contributed by atoms with Gasteiger partial charge in [0.05, 0.1) is 5.69 Å². The van der Waals surface area contributed by atoms with Gasteiger partial charge in [-0.15, -0.1) is 0 Å². The molecule has 108 valence electrons. The Morgan fingerprint density at radius 3 is 3.00 bits per heavy atom. The molecule has 3 aromatic heterocycles. The summed E-state index contributed by atoms with van der Waals surface area (Å²) >= 11 is 1.61. The Kier molecular flexibility index (Phi) is 3.75. The van der Waals surface area contributed by atoms with Crippen molar-refractivity contribution >= 4 is 22.9 Å². The van der Waals surface area contributed by atoms with Crippen molar-refractivity contribution in [3.05, 3.63) is 46.9 Å². The summed E-state index contributed by atoms with van der Waals surface area (Å²) in [6, 6.07) is 7.94. The minimum absolute atomic E-state index is 0.116. The summed E-state index contributed by atoms with van der Waals surface area (Å²) in [7, 11) is 0. The predicted molar refractivity (Wildman–Crippen MR) is 85.7 cm³/mol. The number of aromatic nitrogens is 2. The van der Waals surface area contributed by atoms with E-state index in [4.69, 9.17) is 0 Å². The minimum atomic E-state index is -0.116. The van der Waals surface area contributed by atoms with Crippen molar-refractivity contribution in [3.63, 3.8) is 0 Å². The second-order valence-electron chi connectivity index (χ2n) is 5.03. The van der Waals surface area contributed by atoms with Crippen LogP contribution in [0.3, 0.4) is 0 Å². The van der Waals surface area contributed by atoms with Crippen LogP contribution in [0.25, 0.3) is 16.9 Å². The molecule has 0 spiro atoms. The smallest absolute Gasteiger partial charge is 0.272 e. The molecule has 1 N–H and O–H groups in total. The zero-order valence-electron chi connectivity index (χ0n) is 12.0. The summed E-state index contributed by atoms with van der Waals surface area (Å²) in [4.78, 5) is 17.0. The van der Waals surface area contributed by atoms with Gasteiger partial charge < -0.3 is 5.32 Å². The topological polar surface area (TPSA) is 46.4 Å². The molecule has 0 aromatic carbocycles. The van der Waals surface area contributed by atoms with Crippen LogP contribution >= 0.6 is 11.3 Å². The SMILES string of the molecule is CCC(C)NC(=O)c1nc2ccccn2c1-c1ccsc1. The largest absolute Gasteiger partial charge is 0.348 e. The van der Waals surface area contributed by atoms with Crippen LogP contribution < -0.4 is 5.32 Å². The normalized spacial score (nSPS) is 12.5. The molecular weight excluding hydrogens is 282 g/mol. The first-order valence-corrected chi connectivity index (χ1v) is 7.95. The maximum absolute atomic E-state index is 12.5. The molecule has 21 heavy (non-hydrogen) atoms. The Bertz CT molecular complexity index is 761. The van der Waals surface area contributed by atoms with E-state index in [9.17, 15) is 4.79 Å². The van der Waals surface area contributed by atoms with Gasteiger partial charge in [0.1, 0.15) is 5.65 Å². The monoisotopic (exact) mass is 299 g/mol. The number of fused-ring (bicyclic) bond motifs is 1. The van der Waals surface area contributed by atoms with Gasteiger partial charge in [0, 0.05) is 23.2 Å². The van der Waals surface area contributed by atoms with Crippen LogP contribution in [0.2, 0.25) is 0 Å². The molecule has 3 heterocycles. The molecule has 1 amide bonds. The van der Waals surface area contributed by atoms with Crippen LogP contribution in [0.15, 0.2) is 41.2 Å². The summed E-state index contributed by atoms with van der Waals surface area (Å²) in [6.07, 6.45) is 2.84. The average molecular weight is 299 g/mol. The highest BCUT2D eigenvalue weighted by molar-refractivity contribution is 7.08. The highest BCUT2D eigenvalue weighted by Crippen LogP contribution is 2.27. The van der Waals surface area contributed by atoms with Crippen molar-refractivity contribution in [1.82, 2.24) is 14.7 Å². The fourth-order valence-corrected chi connectivity index (χ4v) is 2.86. The van der Waals surface area contributed by atoms with Crippen molar-refractivity contribution in [1.29, 1.82) is 0 Å². The van der Waals surface area contributed by atoms with Crippen LogP contribution in [0.1, 0.15) is 30.8 Å². The number of pyridine rings is 1.